The van der Waals surface area contributed by atoms with Crippen LogP contribution in [0.5, 0.6) is 0 Å². The summed E-state index contributed by atoms with van der Waals surface area (Å²) in [7, 11) is 0. The number of anilines is 6. The van der Waals surface area contributed by atoms with E-state index in [1.54, 1.807) is 12.1 Å². The molecular weight excluding hydrogens is 995 g/mol. The maximum Gasteiger partial charge on any atom is 0.147 e. The molecule has 0 radical (unpaired) electrons. The Morgan fingerprint density at radius 3 is 1.23 bits per heavy atom. The Kier molecular flexibility index (Phi) is 11.8. The zero-order chi connectivity index (χ0) is 55.1. The molecule has 0 spiro atoms. The first-order chi connectivity index (χ1) is 39.4. The van der Waals surface area contributed by atoms with Gasteiger partial charge in [-0.15, -0.1) is 0 Å². The predicted octanol–water partition coefficient (Wildman–Crippen LogP) is 20.4. The molecular formula is C75H56F2N4. The van der Waals surface area contributed by atoms with E-state index in [4.69, 9.17) is 9.97 Å². The second kappa shape index (κ2) is 19.2. The molecule has 0 unspecified atom stereocenters. The van der Waals surface area contributed by atoms with Gasteiger partial charge >= 0.3 is 0 Å². The molecule has 12 aromatic rings. The van der Waals surface area contributed by atoms with Crippen molar-refractivity contribution in [2.75, 3.05) is 9.80 Å². The van der Waals surface area contributed by atoms with E-state index in [0.717, 1.165) is 123 Å². The highest BCUT2D eigenvalue weighted by molar-refractivity contribution is 6.05. The highest BCUT2D eigenvalue weighted by Gasteiger charge is 2.45. The topological polar surface area (TPSA) is 32.3 Å². The summed E-state index contributed by atoms with van der Waals surface area (Å²) in [5, 5.41) is 2.29. The lowest BCUT2D eigenvalue weighted by molar-refractivity contribution is 0.617. The fourth-order valence-corrected chi connectivity index (χ4v) is 12.5. The average Bonchev–Trinajstić information content (AvgIpc) is 2.90. The van der Waals surface area contributed by atoms with Crippen LogP contribution in [0.2, 0.25) is 0 Å². The van der Waals surface area contributed by atoms with Gasteiger partial charge in [-0.1, -0.05) is 203 Å². The van der Waals surface area contributed by atoms with Gasteiger partial charge in [-0.05, 0) is 152 Å². The van der Waals surface area contributed by atoms with Gasteiger partial charge in [-0.25, -0.2) is 18.7 Å². The molecule has 0 N–H and O–H groups in total. The number of aromatic nitrogens is 2. The Morgan fingerprint density at radius 1 is 0.321 bits per heavy atom. The Bertz CT molecular complexity index is 4420. The zero-order valence-electron chi connectivity index (χ0n) is 45.7. The molecule has 0 saturated heterocycles. The Labute approximate surface area is 472 Å². The van der Waals surface area contributed by atoms with Gasteiger partial charge in [0.1, 0.15) is 11.6 Å². The van der Waals surface area contributed by atoms with E-state index in [1.165, 1.54) is 5.56 Å². The number of benzene rings is 11. The maximum atomic E-state index is 16.3. The minimum Gasteiger partial charge on any atom is -0.308 e. The van der Waals surface area contributed by atoms with Crippen LogP contribution in [0.25, 0.3) is 77.8 Å². The summed E-state index contributed by atoms with van der Waals surface area (Å²) < 4.78 is 32.4. The van der Waals surface area contributed by atoms with Crippen LogP contribution < -0.4 is 9.80 Å². The van der Waals surface area contributed by atoms with Crippen molar-refractivity contribution in [3.8, 4) is 67.0 Å². The summed E-state index contributed by atoms with van der Waals surface area (Å²) >= 11 is 0. The van der Waals surface area contributed by atoms with Crippen LogP contribution in [0.15, 0.2) is 249 Å². The molecule has 0 bridgehead atoms. The third-order valence-corrected chi connectivity index (χ3v) is 16.8. The number of nitrogens with zero attached hydrogens (tertiary/aromatic N) is 4. The molecule has 2 aliphatic rings. The minimum absolute atomic E-state index is 0.299. The summed E-state index contributed by atoms with van der Waals surface area (Å²) in [5.74, 6) is -0.601. The van der Waals surface area contributed by atoms with Crippen molar-refractivity contribution in [2.24, 2.45) is 0 Å². The highest BCUT2D eigenvalue weighted by atomic mass is 19.1. The lowest BCUT2D eigenvalue weighted by Crippen LogP contribution is -2.20. The van der Waals surface area contributed by atoms with E-state index in [0.29, 0.717) is 11.4 Å². The fourth-order valence-electron chi connectivity index (χ4n) is 12.5. The highest BCUT2D eigenvalue weighted by Crippen LogP contribution is 2.55. The Hall–Kier alpha value is -9.78. The second-order valence-corrected chi connectivity index (χ2v) is 22.5. The molecule has 0 amide bonds. The van der Waals surface area contributed by atoms with Crippen LogP contribution in [0.1, 0.15) is 55.8 Å². The summed E-state index contributed by atoms with van der Waals surface area (Å²) in [6, 6.07) is 84.0. The number of rotatable bonds is 10. The van der Waals surface area contributed by atoms with Crippen LogP contribution in [-0.2, 0) is 10.8 Å². The summed E-state index contributed by atoms with van der Waals surface area (Å²) in [6.45, 7) is 11.1. The minimum atomic E-state index is -0.506. The molecule has 81 heavy (non-hydrogen) atoms. The van der Waals surface area contributed by atoms with Crippen LogP contribution in [0.4, 0.5) is 42.9 Å². The first-order valence-corrected chi connectivity index (χ1v) is 27.7. The van der Waals surface area contributed by atoms with E-state index >= 15 is 8.78 Å². The van der Waals surface area contributed by atoms with Crippen molar-refractivity contribution >= 4 is 44.9 Å². The monoisotopic (exact) mass is 1050 g/mol. The summed E-state index contributed by atoms with van der Waals surface area (Å²) in [5.41, 5.74) is 21.1. The molecule has 4 nitrogen and oxygen atoms in total. The molecule has 0 atom stereocenters. The van der Waals surface area contributed by atoms with Gasteiger partial charge in [0, 0.05) is 44.7 Å². The molecule has 390 valence electrons. The third kappa shape index (κ3) is 8.32. The van der Waals surface area contributed by atoms with Crippen molar-refractivity contribution in [1.82, 2.24) is 9.97 Å². The van der Waals surface area contributed by atoms with Crippen molar-refractivity contribution in [3.05, 3.63) is 288 Å². The largest absolute Gasteiger partial charge is 0.308 e. The van der Waals surface area contributed by atoms with E-state index in [9.17, 15) is 0 Å². The molecule has 0 saturated carbocycles. The number of aryl methyl sites for hydroxylation is 1. The molecule has 0 fully saturated rings. The van der Waals surface area contributed by atoms with Gasteiger partial charge < -0.3 is 9.80 Å². The van der Waals surface area contributed by atoms with Crippen LogP contribution in [0, 0.1) is 18.6 Å². The number of halogens is 2. The van der Waals surface area contributed by atoms with Gasteiger partial charge in [0.15, 0.2) is 0 Å². The molecule has 0 aliphatic heterocycles. The van der Waals surface area contributed by atoms with Crippen LogP contribution in [0.3, 0.4) is 0 Å². The van der Waals surface area contributed by atoms with E-state index in [-0.39, 0.29) is 11.6 Å². The molecule has 6 heteroatoms. The summed E-state index contributed by atoms with van der Waals surface area (Å²) in [4.78, 5) is 15.2. The second-order valence-electron chi connectivity index (χ2n) is 22.5. The number of hydrogen-bond acceptors (Lipinski definition) is 4. The standard InChI is InChI=1S/C75H56F2N4/c1-47-25-32-55(33-26-47)81(69-45-52(31-42-67(69)77)49-19-11-7-12-20-49)57-36-38-63-65(46-57)75(4,5)73-71(63)79-72-70(78-73)62-37-29-53(43-64(62)74(72,2)3)59-40-39-58(60-23-15-16-24-61(59)60)50-27-34-56(35-28-50)80(54-21-13-8-14-22-54)68-44-51(30-41-66(68)76)48-17-9-6-10-18-48/h6-46H,1-5H3. The molecule has 11 aromatic carbocycles. The quantitative estimate of drug-likeness (QED) is 0.137. The molecule has 2 aliphatic carbocycles. The lowest BCUT2D eigenvalue weighted by Gasteiger charge is -2.28. The first-order valence-electron chi connectivity index (χ1n) is 27.7. The maximum absolute atomic E-state index is 16.3. The lowest BCUT2D eigenvalue weighted by atomic mass is 9.83. The number of hydrogen-bond donors (Lipinski definition) is 0. The van der Waals surface area contributed by atoms with Gasteiger partial charge in [0.05, 0.1) is 34.2 Å². The average molecular weight is 1050 g/mol. The van der Waals surface area contributed by atoms with Crippen LogP contribution >= 0.6 is 0 Å². The van der Waals surface area contributed by atoms with Crippen molar-refractivity contribution in [1.29, 1.82) is 0 Å². The molecule has 14 rings (SSSR count). The first kappa shape index (κ1) is 49.5. The van der Waals surface area contributed by atoms with Crippen molar-refractivity contribution < 1.29 is 8.78 Å². The smallest absolute Gasteiger partial charge is 0.147 e. The molecule has 1 heterocycles. The number of fused-ring (bicyclic) bond motifs is 7. The Morgan fingerprint density at radius 2 is 0.704 bits per heavy atom. The van der Waals surface area contributed by atoms with Crippen LogP contribution in [-0.4, -0.2) is 9.97 Å². The van der Waals surface area contributed by atoms with Gasteiger partial charge in [-0.2, -0.15) is 0 Å². The third-order valence-electron chi connectivity index (χ3n) is 16.8. The normalized spacial score (nSPS) is 13.3. The SMILES string of the molecule is Cc1ccc(N(c2ccc3c(c2)C(C)(C)c2nc4c(nc2-3)C(C)(C)c2cc(-c3ccc(-c5ccc(N(c6ccccc6)c6cc(-c7ccccc7)ccc6F)cc5)c5ccccc35)ccc2-4)c2cc(-c3ccccc3)ccc2F)cc1. The zero-order valence-corrected chi connectivity index (χ0v) is 45.7. The van der Waals surface area contributed by atoms with E-state index in [2.05, 4.69) is 168 Å². The van der Waals surface area contributed by atoms with Gasteiger partial charge in [0.25, 0.3) is 0 Å². The molecule has 1 aromatic heterocycles. The van der Waals surface area contributed by atoms with Crippen molar-refractivity contribution in [2.45, 2.75) is 45.4 Å². The Balaban J connectivity index is 0.795. The summed E-state index contributed by atoms with van der Waals surface area (Å²) in [6.07, 6.45) is 0. The van der Waals surface area contributed by atoms with Crippen molar-refractivity contribution in [3.63, 3.8) is 0 Å². The van der Waals surface area contributed by atoms with E-state index in [1.807, 2.05) is 113 Å². The van der Waals surface area contributed by atoms with Gasteiger partial charge in [0.2, 0.25) is 0 Å². The van der Waals surface area contributed by atoms with Gasteiger partial charge in [-0.3, -0.25) is 0 Å². The number of para-hydroxylation sites is 1. The fraction of sp³-hybridized carbons (Fsp3) is 0.0933. The van der Waals surface area contributed by atoms with E-state index < -0.39 is 10.8 Å². The predicted molar refractivity (Wildman–Crippen MR) is 330 cm³/mol.